The zero-order valence-corrected chi connectivity index (χ0v) is 13.1. The Morgan fingerprint density at radius 1 is 1.40 bits per heavy atom. The predicted octanol–water partition coefficient (Wildman–Crippen LogP) is 3.58. The molecule has 1 aromatic heterocycles. The van der Waals surface area contributed by atoms with Crippen molar-refractivity contribution in [3.05, 3.63) is 21.4 Å². The van der Waals surface area contributed by atoms with E-state index in [9.17, 15) is 9.90 Å². The summed E-state index contributed by atoms with van der Waals surface area (Å²) in [4.78, 5) is 16.5. The number of aliphatic carboxylic acids is 1. The lowest BCUT2D eigenvalue weighted by molar-refractivity contribution is -0.142. The van der Waals surface area contributed by atoms with Gasteiger partial charge in [0.2, 0.25) is 0 Å². The van der Waals surface area contributed by atoms with Crippen molar-refractivity contribution >= 4 is 17.3 Å². The van der Waals surface area contributed by atoms with Crippen LogP contribution in [0.2, 0.25) is 0 Å². The van der Waals surface area contributed by atoms with E-state index in [1.807, 2.05) is 11.3 Å². The number of carbonyl (C=O) groups is 1. The third kappa shape index (κ3) is 2.51. The SMILES string of the molecule is Cc1cc(CN2[C@@H]3CCCC[C@H]3C[C@H]2C(=O)O)c(C)s1. The number of hydrogen-bond acceptors (Lipinski definition) is 3. The van der Waals surface area contributed by atoms with Crippen LogP contribution in [0.3, 0.4) is 0 Å². The number of fused-ring (bicyclic) bond motifs is 1. The van der Waals surface area contributed by atoms with Crippen molar-refractivity contribution in [2.24, 2.45) is 5.92 Å². The zero-order valence-electron chi connectivity index (χ0n) is 12.3. The summed E-state index contributed by atoms with van der Waals surface area (Å²) in [5.74, 6) is -0.0334. The second kappa shape index (κ2) is 5.49. The first-order valence-corrected chi connectivity index (χ1v) is 8.42. The van der Waals surface area contributed by atoms with E-state index in [4.69, 9.17) is 0 Å². The van der Waals surface area contributed by atoms with E-state index in [1.165, 1.54) is 41.0 Å². The topological polar surface area (TPSA) is 40.5 Å². The van der Waals surface area contributed by atoms with Crippen LogP contribution in [0, 0.1) is 19.8 Å². The first-order valence-electron chi connectivity index (χ1n) is 7.60. The van der Waals surface area contributed by atoms with Crippen LogP contribution in [-0.4, -0.2) is 28.1 Å². The monoisotopic (exact) mass is 293 g/mol. The van der Waals surface area contributed by atoms with Crippen LogP contribution in [0.4, 0.5) is 0 Å². The largest absolute Gasteiger partial charge is 0.480 e. The van der Waals surface area contributed by atoms with Gasteiger partial charge in [-0.3, -0.25) is 9.69 Å². The molecule has 1 N–H and O–H groups in total. The number of nitrogens with zero attached hydrogens (tertiary/aromatic N) is 1. The minimum absolute atomic E-state index is 0.275. The molecule has 2 aliphatic rings. The number of rotatable bonds is 3. The van der Waals surface area contributed by atoms with E-state index in [1.54, 1.807) is 0 Å². The average Bonchev–Trinajstić information content (AvgIpc) is 2.91. The fourth-order valence-corrected chi connectivity index (χ4v) is 5.00. The molecule has 0 unspecified atom stereocenters. The highest BCUT2D eigenvalue weighted by atomic mass is 32.1. The van der Waals surface area contributed by atoms with Gasteiger partial charge in [-0.1, -0.05) is 12.8 Å². The van der Waals surface area contributed by atoms with E-state index in [2.05, 4.69) is 24.8 Å². The van der Waals surface area contributed by atoms with Crippen LogP contribution in [0.15, 0.2) is 6.07 Å². The van der Waals surface area contributed by atoms with Crippen LogP contribution >= 0.6 is 11.3 Å². The van der Waals surface area contributed by atoms with Gasteiger partial charge in [-0.25, -0.2) is 0 Å². The highest BCUT2D eigenvalue weighted by molar-refractivity contribution is 7.12. The van der Waals surface area contributed by atoms with E-state index in [-0.39, 0.29) is 6.04 Å². The number of hydrogen-bond donors (Lipinski definition) is 1. The number of likely N-dealkylation sites (tertiary alicyclic amines) is 1. The third-order valence-corrected chi connectivity index (χ3v) is 6.01. The summed E-state index contributed by atoms with van der Waals surface area (Å²) < 4.78 is 0. The third-order valence-electron chi connectivity index (χ3n) is 5.00. The molecule has 1 saturated heterocycles. The van der Waals surface area contributed by atoms with Gasteiger partial charge in [-0.15, -0.1) is 11.3 Å². The minimum Gasteiger partial charge on any atom is -0.480 e. The maximum absolute atomic E-state index is 11.6. The predicted molar refractivity (Wildman–Crippen MR) is 81.1 cm³/mol. The van der Waals surface area contributed by atoms with Gasteiger partial charge < -0.3 is 5.11 Å². The summed E-state index contributed by atoms with van der Waals surface area (Å²) in [6.07, 6.45) is 5.77. The summed E-state index contributed by atoms with van der Waals surface area (Å²) >= 11 is 1.82. The van der Waals surface area contributed by atoms with Gasteiger partial charge in [0.05, 0.1) is 0 Å². The number of carboxylic acids is 1. The summed E-state index contributed by atoms with van der Waals surface area (Å²) in [6, 6.07) is 2.45. The lowest BCUT2D eigenvalue weighted by atomic mass is 9.84. The fraction of sp³-hybridized carbons (Fsp3) is 0.688. The molecule has 1 aliphatic heterocycles. The Balaban J connectivity index is 1.84. The summed E-state index contributed by atoms with van der Waals surface area (Å²) in [5, 5.41) is 9.54. The first kappa shape index (κ1) is 14.1. The fourth-order valence-electron chi connectivity index (χ4n) is 4.06. The molecule has 2 fully saturated rings. The molecule has 0 radical (unpaired) electrons. The molecule has 0 aromatic carbocycles. The molecular weight excluding hydrogens is 270 g/mol. The molecule has 1 saturated carbocycles. The molecule has 3 atom stereocenters. The molecule has 3 nitrogen and oxygen atoms in total. The van der Waals surface area contributed by atoms with Gasteiger partial charge in [0, 0.05) is 22.3 Å². The van der Waals surface area contributed by atoms with Gasteiger partial charge in [-0.05, 0) is 50.7 Å². The maximum Gasteiger partial charge on any atom is 0.320 e. The van der Waals surface area contributed by atoms with Crippen molar-refractivity contribution in [2.75, 3.05) is 0 Å². The van der Waals surface area contributed by atoms with Gasteiger partial charge in [0.1, 0.15) is 6.04 Å². The van der Waals surface area contributed by atoms with Crippen LogP contribution in [0.25, 0.3) is 0 Å². The lowest BCUT2D eigenvalue weighted by Gasteiger charge is -2.33. The Morgan fingerprint density at radius 2 is 2.15 bits per heavy atom. The van der Waals surface area contributed by atoms with Crippen LogP contribution in [-0.2, 0) is 11.3 Å². The second-order valence-electron chi connectivity index (χ2n) is 6.31. The van der Waals surface area contributed by atoms with Crippen molar-refractivity contribution in [2.45, 2.75) is 64.6 Å². The van der Waals surface area contributed by atoms with Crippen molar-refractivity contribution in [3.8, 4) is 0 Å². The molecule has 0 amide bonds. The Labute approximate surface area is 124 Å². The van der Waals surface area contributed by atoms with Crippen LogP contribution in [0.1, 0.15) is 47.4 Å². The summed E-state index contributed by atoms with van der Waals surface area (Å²) in [5.41, 5.74) is 1.32. The quantitative estimate of drug-likeness (QED) is 0.926. The van der Waals surface area contributed by atoms with E-state index < -0.39 is 5.97 Å². The molecule has 110 valence electrons. The zero-order chi connectivity index (χ0) is 14.3. The standard InChI is InChI=1S/C16H23NO2S/c1-10-7-13(11(2)20-10)9-17-14-6-4-3-5-12(14)8-15(17)16(18)19/h7,12,14-15H,3-6,8-9H2,1-2H3,(H,18,19)/t12-,14+,15-/m0/s1. The molecule has 3 rings (SSSR count). The average molecular weight is 293 g/mol. The normalized spacial score (nSPS) is 30.4. The van der Waals surface area contributed by atoms with Gasteiger partial charge in [0.15, 0.2) is 0 Å². The maximum atomic E-state index is 11.6. The lowest BCUT2D eigenvalue weighted by Crippen LogP contribution is -2.41. The van der Waals surface area contributed by atoms with E-state index in [0.717, 1.165) is 13.0 Å². The minimum atomic E-state index is -0.635. The Kier molecular flexibility index (Phi) is 3.87. The first-order chi connectivity index (χ1) is 9.56. The van der Waals surface area contributed by atoms with E-state index in [0.29, 0.717) is 12.0 Å². The molecule has 20 heavy (non-hydrogen) atoms. The molecule has 2 heterocycles. The number of thiophene rings is 1. The number of aryl methyl sites for hydroxylation is 2. The van der Waals surface area contributed by atoms with Crippen LogP contribution < -0.4 is 0 Å². The van der Waals surface area contributed by atoms with Gasteiger partial charge >= 0.3 is 5.97 Å². The molecule has 1 aromatic rings. The molecule has 0 bridgehead atoms. The van der Waals surface area contributed by atoms with Crippen molar-refractivity contribution in [3.63, 3.8) is 0 Å². The smallest absolute Gasteiger partial charge is 0.320 e. The van der Waals surface area contributed by atoms with E-state index >= 15 is 0 Å². The summed E-state index contributed by atoms with van der Waals surface area (Å²) in [6.45, 7) is 5.09. The molecule has 0 spiro atoms. The molecule has 4 heteroatoms. The Morgan fingerprint density at radius 3 is 2.80 bits per heavy atom. The van der Waals surface area contributed by atoms with Crippen molar-refractivity contribution in [1.29, 1.82) is 0 Å². The number of carboxylic acid groups (broad SMARTS) is 1. The Hall–Kier alpha value is -0.870. The summed E-state index contributed by atoms with van der Waals surface area (Å²) in [7, 11) is 0. The molecular formula is C16H23NO2S. The molecule has 1 aliphatic carbocycles. The second-order valence-corrected chi connectivity index (χ2v) is 7.77. The highest BCUT2D eigenvalue weighted by Crippen LogP contribution is 2.41. The van der Waals surface area contributed by atoms with Crippen LogP contribution in [0.5, 0.6) is 0 Å². The van der Waals surface area contributed by atoms with Crippen molar-refractivity contribution in [1.82, 2.24) is 4.90 Å². The van der Waals surface area contributed by atoms with Gasteiger partial charge in [-0.2, -0.15) is 0 Å². The van der Waals surface area contributed by atoms with Crippen molar-refractivity contribution < 1.29 is 9.90 Å². The Bertz CT molecular complexity index is 511. The van der Waals surface area contributed by atoms with Gasteiger partial charge in [0.25, 0.3) is 0 Å². The highest BCUT2D eigenvalue weighted by Gasteiger charge is 2.45.